The zero-order valence-electron chi connectivity index (χ0n) is 13.1. The lowest BCUT2D eigenvalue weighted by Gasteiger charge is -2.41. The molecular weight excluding hydrogens is 308 g/mol. The van der Waals surface area contributed by atoms with Gasteiger partial charge in [0.05, 0.1) is 12.5 Å². The van der Waals surface area contributed by atoms with E-state index >= 15 is 0 Å². The van der Waals surface area contributed by atoms with Crippen LogP contribution in [0.1, 0.15) is 23.4 Å². The molecular formula is C18H20N2O2S. The van der Waals surface area contributed by atoms with E-state index in [1.807, 2.05) is 57.6 Å². The van der Waals surface area contributed by atoms with E-state index < -0.39 is 0 Å². The molecule has 1 atom stereocenters. The van der Waals surface area contributed by atoms with Gasteiger partial charge in [0.1, 0.15) is 0 Å². The Labute approximate surface area is 140 Å². The number of benzene rings is 1. The molecule has 5 heteroatoms. The predicted octanol–water partition coefficient (Wildman–Crippen LogP) is 2.72. The molecule has 23 heavy (non-hydrogen) atoms. The number of thiophene rings is 1. The lowest BCUT2D eigenvalue weighted by Crippen LogP contribution is -2.52. The van der Waals surface area contributed by atoms with Gasteiger partial charge < -0.3 is 9.80 Å². The number of hydrogen-bond donors (Lipinski definition) is 0. The van der Waals surface area contributed by atoms with Gasteiger partial charge in [-0.15, -0.1) is 11.3 Å². The van der Waals surface area contributed by atoms with Gasteiger partial charge in [-0.3, -0.25) is 9.59 Å². The van der Waals surface area contributed by atoms with Gasteiger partial charge in [0.2, 0.25) is 11.8 Å². The maximum Gasteiger partial charge on any atom is 0.227 e. The molecule has 1 fully saturated rings. The van der Waals surface area contributed by atoms with Crippen LogP contribution in [0.4, 0.5) is 0 Å². The van der Waals surface area contributed by atoms with Crippen molar-refractivity contribution >= 4 is 23.2 Å². The number of hydrogen-bond acceptors (Lipinski definition) is 3. The number of piperazine rings is 1. The Morgan fingerprint density at radius 1 is 1.13 bits per heavy atom. The van der Waals surface area contributed by atoms with Crippen LogP contribution in [0, 0.1) is 0 Å². The van der Waals surface area contributed by atoms with E-state index in [1.165, 1.54) is 0 Å². The summed E-state index contributed by atoms with van der Waals surface area (Å²) in [5, 5.41) is 1.99. The highest BCUT2D eigenvalue weighted by molar-refractivity contribution is 7.10. The van der Waals surface area contributed by atoms with E-state index in [4.69, 9.17) is 0 Å². The molecule has 2 aromatic rings. The summed E-state index contributed by atoms with van der Waals surface area (Å²) in [7, 11) is 0. The zero-order chi connectivity index (χ0) is 16.2. The van der Waals surface area contributed by atoms with E-state index in [0.29, 0.717) is 26.1 Å². The van der Waals surface area contributed by atoms with E-state index in [9.17, 15) is 9.59 Å². The van der Waals surface area contributed by atoms with Gasteiger partial charge in [-0.05, 0) is 17.0 Å². The molecule has 1 saturated heterocycles. The molecule has 0 radical (unpaired) electrons. The average Bonchev–Trinajstić information content (AvgIpc) is 3.08. The summed E-state index contributed by atoms with van der Waals surface area (Å²) >= 11 is 1.61. The Morgan fingerprint density at radius 2 is 1.91 bits per heavy atom. The van der Waals surface area contributed by atoms with Crippen molar-refractivity contribution in [3.05, 3.63) is 58.3 Å². The third-order valence-electron chi connectivity index (χ3n) is 4.23. The topological polar surface area (TPSA) is 40.6 Å². The van der Waals surface area contributed by atoms with Crippen LogP contribution < -0.4 is 0 Å². The highest BCUT2D eigenvalue weighted by Gasteiger charge is 2.31. The number of carbonyl (C=O) groups excluding carboxylic acids is 2. The van der Waals surface area contributed by atoms with Crippen LogP contribution in [0.2, 0.25) is 0 Å². The molecule has 1 aliphatic rings. The van der Waals surface area contributed by atoms with E-state index in [-0.39, 0.29) is 17.9 Å². The highest BCUT2D eigenvalue weighted by atomic mass is 32.1. The minimum absolute atomic E-state index is 0.0595. The summed E-state index contributed by atoms with van der Waals surface area (Å²) in [5.41, 5.74) is 1.08. The zero-order valence-corrected chi connectivity index (χ0v) is 14.0. The van der Waals surface area contributed by atoms with Gasteiger partial charge in [0, 0.05) is 31.4 Å². The fraction of sp³-hybridized carbons (Fsp3) is 0.333. The number of nitrogens with zero attached hydrogens (tertiary/aromatic N) is 2. The summed E-state index contributed by atoms with van der Waals surface area (Å²) in [4.78, 5) is 29.3. The van der Waals surface area contributed by atoms with Gasteiger partial charge in [0.25, 0.3) is 0 Å². The monoisotopic (exact) mass is 328 g/mol. The summed E-state index contributed by atoms with van der Waals surface area (Å²) in [6.45, 7) is 3.35. The van der Waals surface area contributed by atoms with Gasteiger partial charge in [-0.2, -0.15) is 0 Å². The molecule has 1 aromatic carbocycles. The largest absolute Gasteiger partial charge is 0.338 e. The second-order valence-electron chi connectivity index (χ2n) is 5.73. The molecule has 0 unspecified atom stereocenters. The first kappa shape index (κ1) is 15.7. The van der Waals surface area contributed by atoms with Crippen molar-refractivity contribution in [2.24, 2.45) is 0 Å². The molecule has 0 aliphatic carbocycles. The minimum Gasteiger partial charge on any atom is -0.338 e. The molecule has 1 aliphatic heterocycles. The second-order valence-corrected chi connectivity index (χ2v) is 6.77. The first-order valence-electron chi connectivity index (χ1n) is 7.77. The summed E-state index contributed by atoms with van der Waals surface area (Å²) in [6.07, 6.45) is 0.444. The van der Waals surface area contributed by atoms with Crippen LogP contribution in [0.25, 0.3) is 0 Å². The van der Waals surface area contributed by atoms with Crippen molar-refractivity contribution in [3.8, 4) is 0 Å². The fourth-order valence-electron chi connectivity index (χ4n) is 3.02. The lowest BCUT2D eigenvalue weighted by atomic mass is 10.0. The maximum absolute atomic E-state index is 12.5. The van der Waals surface area contributed by atoms with Crippen molar-refractivity contribution in [1.82, 2.24) is 9.80 Å². The summed E-state index contributed by atoms with van der Waals surface area (Å²) in [5.74, 6) is 0.195. The molecule has 120 valence electrons. The van der Waals surface area contributed by atoms with Crippen LogP contribution in [-0.2, 0) is 16.0 Å². The number of carbonyl (C=O) groups is 2. The van der Waals surface area contributed by atoms with Crippen molar-refractivity contribution in [3.63, 3.8) is 0 Å². The Morgan fingerprint density at radius 3 is 2.57 bits per heavy atom. The van der Waals surface area contributed by atoms with E-state index in [2.05, 4.69) is 0 Å². The van der Waals surface area contributed by atoms with Crippen LogP contribution in [-0.4, -0.2) is 41.2 Å². The second kappa shape index (κ2) is 6.96. The lowest BCUT2D eigenvalue weighted by molar-refractivity contribution is -0.141. The predicted molar refractivity (Wildman–Crippen MR) is 91.2 cm³/mol. The van der Waals surface area contributed by atoms with Gasteiger partial charge in [0.15, 0.2) is 0 Å². The molecule has 0 bridgehead atoms. The van der Waals surface area contributed by atoms with Crippen molar-refractivity contribution in [2.75, 3.05) is 19.6 Å². The smallest absolute Gasteiger partial charge is 0.227 e. The number of rotatable bonds is 3. The summed E-state index contributed by atoms with van der Waals surface area (Å²) < 4.78 is 0. The Kier molecular flexibility index (Phi) is 4.76. The third kappa shape index (κ3) is 3.62. The Bertz CT molecular complexity index is 670. The molecule has 2 heterocycles. The van der Waals surface area contributed by atoms with Crippen molar-refractivity contribution in [1.29, 1.82) is 0 Å². The maximum atomic E-state index is 12.5. The van der Waals surface area contributed by atoms with Gasteiger partial charge >= 0.3 is 0 Å². The Hall–Kier alpha value is -2.14. The number of amides is 2. The summed E-state index contributed by atoms with van der Waals surface area (Å²) in [6, 6.07) is 13.8. The quantitative estimate of drug-likeness (QED) is 0.869. The standard InChI is InChI=1S/C18H20N2O2S/c1-14(21)20-10-9-19(18(22)12-16-8-5-11-23-16)13-17(20)15-6-3-2-4-7-15/h2-8,11,17H,9-10,12-13H2,1H3/t17-/m1/s1. The molecule has 4 nitrogen and oxygen atoms in total. The Balaban J connectivity index is 1.75. The van der Waals surface area contributed by atoms with E-state index in [1.54, 1.807) is 18.3 Å². The molecule has 0 spiro atoms. The molecule has 1 aromatic heterocycles. The molecule has 0 saturated carbocycles. The molecule has 0 N–H and O–H groups in total. The normalized spacial score (nSPS) is 18.0. The van der Waals surface area contributed by atoms with Crippen LogP contribution in [0.15, 0.2) is 47.8 Å². The third-order valence-corrected chi connectivity index (χ3v) is 5.10. The minimum atomic E-state index is -0.0604. The molecule has 3 rings (SSSR count). The molecule has 2 amide bonds. The van der Waals surface area contributed by atoms with Gasteiger partial charge in [-0.1, -0.05) is 36.4 Å². The first-order chi connectivity index (χ1) is 11.1. The van der Waals surface area contributed by atoms with Crippen LogP contribution in [0.3, 0.4) is 0 Å². The van der Waals surface area contributed by atoms with Crippen molar-refractivity contribution < 1.29 is 9.59 Å². The van der Waals surface area contributed by atoms with Crippen LogP contribution >= 0.6 is 11.3 Å². The first-order valence-corrected chi connectivity index (χ1v) is 8.65. The van der Waals surface area contributed by atoms with Crippen LogP contribution in [0.5, 0.6) is 0 Å². The highest BCUT2D eigenvalue weighted by Crippen LogP contribution is 2.26. The van der Waals surface area contributed by atoms with Crippen molar-refractivity contribution in [2.45, 2.75) is 19.4 Å². The van der Waals surface area contributed by atoms with E-state index in [0.717, 1.165) is 10.4 Å². The fourth-order valence-corrected chi connectivity index (χ4v) is 3.72. The SMILES string of the molecule is CC(=O)N1CCN(C(=O)Cc2cccs2)C[C@@H]1c1ccccc1. The average molecular weight is 328 g/mol. The van der Waals surface area contributed by atoms with Gasteiger partial charge in [-0.25, -0.2) is 0 Å².